The van der Waals surface area contributed by atoms with Crippen molar-refractivity contribution in [3.8, 4) is 11.1 Å². The maximum absolute atomic E-state index is 14.5. The second-order valence-electron chi connectivity index (χ2n) is 8.51. The van der Waals surface area contributed by atoms with E-state index < -0.39 is 17.9 Å². The second kappa shape index (κ2) is 8.53. The van der Waals surface area contributed by atoms with Crippen LogP contribution in [-0.4, -0.2) is 45.3 Å². The van der Waals surface area contributed by atoms with Gasteiger partial charge in [-0.25, -0.2) is 4.39 Å². The van der Waals surface area contributed by atoms with Crippen LogP contribution in [0.3, 0.4) is 0 Å². The van der Waals surface area contributed by atoms with Gasteiger partial charge in [-0.2, -0.15) is 0 Å². The zero-order chi connectivity index (χ0) is 23.1. The van der Waals surface area contributed by atoms with Gasteiger partial charge < -0.3 is 14.4 Å². The third-order valence-corrected chi connectivity index (χ3v) is 6.94. The van der Waals surface area contributed by atoms with Crippen LogP contribution in [0.5, 0.6) is 0 Å². The highest BCUT2D eigenvalue weighted by molar-refractivity contribution is 5.77. The zero-order valence-electron chi connectivity index (χ0n) is 18.1. The topological polar surface area (TPSA) is 84.7 Å². The average molecular weight is 449 g/mol. The van der Waals surface area contributed by atoms with E-state index in [0.717, 1.165) is 11.3 Å². The van der Waals surface area contributed by atoms with Gasteiger partial charge in [0.1, 0.15) is 11.9 Å². The normalized spacial score (nSPS) is 23.8. The van der Waals surface area contributed by atoms with Crippen LogP contribution in [0.4, 0.5) is 4.39 Å². The molecule has 0 radical (unpaired) electrons. The summed E-state index contributed by atoms with van der Waals surface area (Å²) in [5.41, 5.74) is 2.40. The first-order valence-corrected chi connectivity index (χ1v) is 10.9. The predicted molar refractivity (Wildman–Crippen MR) is 118 cm³/mol. The van der Waals surface area contributed by atoms with Crippen molar-refractivity contribution in [2.75, 3.05) is 13.7 Å². The minimum Gasteiger partial charge on any atom is -0.468 e. The summed E-state index contributed by atoms with van der Waals surface area (Å²) in [7, 11) is 1.31. The van der Waals surface area contributed by atoms with Gasteiger partial charge in [0.15, 0.2) is 0 Å². The first kappa shape index (κ1) is 21.5. The van der Waals surface area contributed by atoms with E-state index in [2.05, 4.69) is 4.98 Å². The number of likely N-dealkylation sites (tertiary alicyclic amines) is 1. The Bertz CT molecular complexity index is 1250. The average Bonchev–Trinajstić information content (AvgIpc) is 3.36. The highest BCUT2D eigenvalue weighted by Crippen LogP contribution is 2.50. The van der Waals surface area contributed by atoms with Crippen molar-refractivity contribution in [2.24, 2.45) is 11.8 Å². The summed E-state index contributed by atoms with van der Waals surface area (Å²) in [4.78, 5) is 32.1. The van der Waals surface area contributed by atoms with E-state index in [1.54, 1.807) is 53.4 Å². The smallest absolute Gasteiger partial charge is 0.323 e. The number of fused-ring (bicyclic) bond motifs is 3. The van der Waals surface area contributed by atoms with Crippen LogP contribution in [0.15, 0.2) is 65.7 Å². The lowest BCUT2D eigenvalue weighted by molar-refractivity contribution is -0.148. The first-order valence-electron chi connectivity index (χ1n) is 10.9. The van der Waals surface area contributed by atoms with Crippen molar-refractivity contribution >= 4 is 5.97 Å². The number of aliphatic hydroxyl groups excluding tert-OH is 1. The molecule has 0 bridgehead atoms. The van der Waals surface area contributed by atoms with Gasteiger partial charge in [0.25, 0.3) is 5.56 Å². The van der Waals surface area contributed by atoms with Gasteiger partial charge in [0.05, 0.1) is 13.2 Å². The Morgan fingerprint density at radius 1 is 1.18 bits per heavy atom. The Morgan fingerprint density at radius 2 is 1.94 bits per heavy atom. The molecule has 4 heterocycles. The van der Waals surface area contributed by atoms with Crippen molar-refractivity contribution in [2.45, 2.75) is 25.2 Å². The van der Waals surface area contributed by atoms with Crippen LogP contribution >= 0.6 is 0 Å². The van der Waals surface area contributed by atoms with Gasteiger partial charge in [-0.15, -0.1) is 0 Å². The number of esters is 1. The molecular formula is C25H24FN3O4. The molecule has 0 aliphatic carbocycles. The summed E-state index contributed by atoms with van der Waals surface area (Å²) < 4.78 is 21.3. The van der Waals surface area contributed by atoms with Crippen LogP contribution in [0, 0.1) is 17.7 Å². The van der Waals surface area contributed by atoms with Crippen LogP contribution in [0.25, 0.3) is 11.1 Å². The number of hydrogen-bond acceptors (Lipinski definition) is 6. The van der Waals surface area contributed by atoms with Gasteiger partial charge >= 0.3 is 5.97 Å². The molecule has 0 saturated carbocycles. The molecule has 4 atom stereocenters. The van der Waals surface area contributed by atoms with Crippen molar-refractivity contribution in [3.05, 3.63) is 88.4 Å². The molecule has 7 nitrogen and oxygen atoms in total. The number of carbonyl (C=O) groups is 1. The van der Waals surface area contributed by atoms with Crippen LogP contribution in [0.1, 0.15) is 17.3 Å². The summed E-state index contributed by atoms with van der Waals surface area (Å²) in [5.74, 6) is -1.47. The van der Waals surface area contributed by atoms with Gasteiger partial charge in [-0.1, -0.05) is 18.2 Å². The number of pyridine rings is 2. The quantitative estimate of drug-likeness (QED) is 0.602. The van der Waals surface area contributed by atoms with Crippen molar-refractivity contribution in [3.63, 3.8) is 0 Å². The van der Waals surface area contributed by atoms with Crippen molar-refractivity contribution in [1.82, 2.24) is 14.5 Å². The molecule has 1 fully saturated rings. The first-order chi connectivity index (χ1) is 16.0. The Morgan fingerprint density at radius 3 is 2.64 bits per heavy atom. The summed E-state index contributed by atoms with van der Waals surface area (Å²) in [5, 5.41) is 10.2. The number of benzene rings is 1. The monoisotopic (exact) mass is 449 g/mol. The number of rotatable bonds is 5. The van der Waals surface area contributed by atoms with Crippen molar-refractivity contribution < 1.29 is 19.0 Å². The van der Waals surface area contributed by atoms with E-state index >= 15 is 0 Å². The second-order valence-corrected chi connectivity index (χ2v) is 8.51. The molecule has 0 amide bonds. The van der Waals surface area contributed by atoms with Crippen LogP contribution < -0.4 is 5.56 Å². The summed E-state index contributed by atoms with van der Waals surface area (Å²) >= 11 is 0. The number of hydrogen-bond donors (Lipinski definition) is 1. The molecule has 170 valence electrons. The van der Waals surface area contributed by atoms with Gasteiger partial charge in [-0.3, -0.25) is 19.5 Å². The highest BCUT2D eigenvalue weighted by atomic mass is 19.1. The fourth-order valence-electron chi connectivity index (χ4n) is 5.45. The number of aromatic nitrogens is 2. The lowest BCUT2D eigenvalue weighted by atomic mass is 9.88. The Kier molecular flexibility index (Phi) is 5.55. The van der Waals surface area contributed by atoms with E-state index in [1.165, 1.54) is 13.2 Å². The molecule has 8 heteroatoms. The molecule has 0 unspecified atom stereocenters. The van der Waals surface area contributed by atoms with Gasteiger partial charge in [0, 0.05) is 60.7 Å². The van der Waals surface area contributed by atoms with E-state index in [9.17, 15) is 19.1 Å². The van der Waals surface area contributed by atoms with Gasteiger partial charge in [0.2, 0.25) is 0 Å². The van der Waals surface area contributed by atoms with Crippen molar-refractivity contribution in [1.29, 1.82) is 0 Å². The minimum absolute atomic E-state index is 0.134. The third-order valence-electron chi connectivity index (χ3n) is 6.94. The Balaban J connectivity index is 1.61. The molecule has 5 rings (SSSR count). The number of methoxy groups -OCH3 is 1. The SMILES string of the molecule is COC(=O)[C@@H]1[C@@H](CO)[C@@H]2Cn3c(ccc(-c4ccncc4)c3=O)[C@@H]2N1Cc1ccccc1F. The molecule has 3 aromatic rings. The van der Waals surface area contributed by atoms with Crippen LogP contribution in [0.2, 0.25) is 0 Å². The zero-order valence-corrected chi connectivity index (χ0v) is 18.1. The molecule has 1 saturated heterocycles. The molecule has 2 aromatic heterocycles. The fraction of sp³-hybridized carbons (Fsp3) is 0.320. The number of nitrogens with zero attached hydrogens (tertiary/aromatic N) is 3. The fourth-order valence-corrected chi connectivity index (χ4v) is 5.45. The highest BCUT2D eigenvalue weighted by Gasteiger charge is 2.56. The number of carbonyl (C=O) groups excluding carboxylic acids is 1. The van der Waals surface area contributed by atoms with E-state index in [1.807, 2.05) is 11.0 Å². The van der Waals surface area contributed by atoms with Crippen LogP contribution in [-0.2, 0) is 22.6 Å². The van der Waals surface area contributed by atoms with Gasteiger partial charge in [-0.05, 0) is 35.9 Å². The molecule has 1 N–H and O–H groups in total. The maximum atomic E-state index is 14.5. The number of halogens is 1. The molecule has 1 aromatic carbocycles. The molecular weight excluding hydrogens is 425 g/mol. The third kappa shape index (κ3) is 3.46. The molecule has 2 aliphatic heterocycles. The van der Waals surface area contributed by atoms with E-state index in [4.69, 9.17) is 4.74 Å². The molecule has 2 aliphatic rings. The maximum Gasteiger partial charge on any atom is 0.323 e. The largest absolute Gasteiger partial charge is 0.468 e. The predicted octanol–water partition coefficient (Wildman–Crippen LogP) is 2.39. The van der Waals surface area contributed by atoms with E-state index in [0.29, 0.717) is 17.7 Å². The Labute approximate surface area is 190 Å². The number of ether oxygens (including phenoxy) is 1. The summed E-state index contributed by atoms with van der Waals surface area (Å²) in [6, 6.07) is 12.6. The molecule has 33 heavy (non-hydrogen) atoms. The van der Waals surface area contributed by atoms with E-state index in [-0.39, 0.29) is 36.5 Å². The lowest BCUT2D eigenvalue weighted by Crippen LogP contribution is -2.43. The molecule has 0 spiro atoms. The Hall–Kier alpha value is -3.36. The number of aliphatic hydroxyl groups is 1. The lowest BCUT2D eigenvalue weighted by Gasteiger charge is -2.30. The minimum atomic E-state index is -0.738. The summed E-state index contributed by atoms with van der Waals surface area (Å²) in [6.07, 6.45) is 3.28. The standard InChI is InChI=1S/C25H24FN3O4/c1-33-25(32)23-19(14-30)18-13-28-21(7-6-17(24(28)31)15-8-10-27-11-9-15)22(18)29(23)12-16-4-2-3-5-20(16)26/h2-11,18-19,22-23,30H,12-14H2,1H3/t18-,19-,22+,23-/m0/s1. The summed E-state index contributed by atoms with van der Waals surface area (Å²) in [6.45, 7) is 0.281.